The zero-order valence-electron chi connectivity index (χ0n) is 13.6. The van der Waals surface area contributed by atoms with Gasteiger partial charge in [0.15, 0.2) is 0 Å². The summed E-state index contributed by atoms with van der Waals surface area (Å²) in [5.41, 5.74) is 2.55. The van der Waals surface area contributed by atoms with Gasteiger partial charge in [0.2, 0.25) is 0 Å². The molecule has 23 heavy (non-hydrogen) atoms. The number of amides is 1. The first-order chi connectivity index (χ1) is 11.1. The van der Waals surface area contributed by atoms with Crippen LogP contribution in [-0.2, 0) is 0 Å². The van der Waals surface area contributed by atoms with Gasteiger partial charge in [0, 0.05) is 25.3 Å². The molecule has 0 saturated heterocycles. The highest BCUT2D eigenvalue weighted by Crippen LogP contribution is 2.16. The summed E-state index contributed by atoms with van der Waals surface area (Å²) >= 11 is 0. The molecule has 0 spiro atoms. The molecular formula is C19H20N2O2. The van der Waals surface area contributed by atoms with Gasteiger partial charge in [0.25, 0.3) is 5.91 Å². The number of nitrogens with one attached hydrogen (secondary N) is 1. The number of rotatable bonds is 4. The van der Waals surface area contributed by atoms with E-state index in [1.54, 1.807) is 25.3 Å². The van der Waals surface area contributed by atoms with Gasteiger partial charge in [0.05, 0.1) is 19.2 Å². The number of carbonyl (C=O) groups excluding carboxylic acids is 1. The Morgan fingerprint density at radius 1 is 1.13 bits per heavy atom. The lowest BCUT2D eigenvalue weighted by atomic mass is 10.2. The van der Waals surface area contributed by atoms with E-state index in [9.17, 15) is 4.79 Å². The maximum absolute atomic E-state index is 12.1. The van der Waals surface area contributed by atoms with Gasteiger partial charge < -0.3 is 15.0 Å². The first-order valence-corrected chi connectivity index (χ1v) is 7.29. The van der Waals surface area contributed by atoms with E-state index in [2.05, 4.69) is 17.2 Å². The molecule has 1 amide bonds. The lowest BCUT2D eigenvalue weighted by Gasteiger charge is -2.11. The summed E-state index contributed by atoms with van der Waals surface area (Å²) in [5, 5.41) is 2.77. The highest BCUT2D eigenvalue weighted by Gasteiger charge is 2.09. The van der Waals surface area contributed by atoms with E-state index in [0.29, 0.717) is 11.3 Å². The molecule has 1 N–H and O–H groups in total. The van der Waals surface area contributed by atoms with Gasteiger partial charge in [-0.1, -0.05) is 24.0 Å². The summed E-state index contributed by atoms with van der Waals surface area (Å²) in [6, 6.07) is 15.1. The highest BCUT2D eigenvalue weighted by atomic mass is 16.5. The Morgan fingerprint density at radius 3 is 2.48 bits per heavy atom. The molecule has 4 heteroatoms. The number of para-hydroxylation sites is 1. The van der Waals surface area contributed by atoms with Crippen LogP contribution >= 0.6 is 0 Å². The Morgan fingerprint density at radius 2 is 1.83 bits per heavy atom. The van der Waals surface area contributed by atoms with Crippen LogP contribution in [0.3, 0.4) is 0 Å². The predicted octanol–water partition coefficient (Wildman–Crippen LogP) is 2.54. The van der Waals surface area contributed by atoms with Crippen molar-refractivity contribution in [3.8, 4) is 17.6 Å². The van der Waals surface area contributed by atoms with Crippen LogP contribution in [0.5, 0.6) is 5.75 Å². The number of anilines is 1. The Balaban J connectivity index is 1.93. The van der Waals surface area contributed by atoms with Crippen LogP contribution in [-0.4, -0.2) is 33.7 Å². The molecule has 2 rings (SSSR count). The van der Waals surface area contributed by atoms with Gasteiger partial charge in [-0.3, -0.25) is 4.79 Å². The Kier molecular flexibility index (Phi) is 5.65. The molecule has 0 heterocycles. The summed E-state index contributed by atoms with van der Waals surface area (Å²) in [7, 11) is 5.53. The van der Waals surface area contributed by atoms with Crippen molar-refractivity contribution >= 4 is 11.6 Å². The summed E-state index contributed by atoms with van der Waals surface area (Å²) in [6.45, 7) is 0.284. The van der Waals surface area contributed by atoms with E-state index in [1.165, 1.54) is 0 Å². The zero-order chi connectivity index (χ0) is 16.7. The molecule has 0 radical (unpaired) electrons. The Labute approximate surface area is 137 Å². The van der Waals surface area contributed by atoms with Crippen molar-refractivity contribution in [1.29, 1.82) is 0 Å². The second-order valence-corrected chi connectivity index (χ2v) is 5.13. The summed E-state index contributed by atoms with van der Waals surface area (Å²) < 4.78 is 5.17. The number of hydrogen-bond acceptors (Lipinski definition) is 3. The minimum Gasteiger partial charge on any atom is -0.496 e. The first kappa shape index (κ1) is 16.4. The lowest BCUT2D eigenvalue weighted by molar-refractivity contribution is 0.0955. The molecule has 0 aromatic heterocycles. The highest BCUT2D eigenvalue weighted by molar-refractivity contribution is 5.97. The molecule has 0 atom stereocenters. The predicted molar refractivity (Wildman–Crippen MR) is 93.0 cm³/mol. The molecule has 2 aromatic carbocycles. The van der Waals surface area contributed by atoms with Crippen molar-refractivity contribution in [3.05, 3.63) is 59.7 Å². The molecule has 2 aromatic rings. The second kappa shape index (κ2) is 7.90. The Hall–Kier alpha value is -2.93. The minimum atomic E-state index is -0.195. The molecule has 0 aliphatic heterocycles. The second-order valence-electron chi connectivity index (χ2n) is 5.13. The third-order valence-corrected chi connectivity index (χ3v) is 3.31. The fourth-order valence-corrected chi connectivity index (χ4v) is 2.04. The van der Waals surface area contributed by atoms with Crippen LogP contribution in [0.1, 0.15) is 15.9 Å². The average molecular weight is 308 g/mol. The van der Waals surface area contributed by atoms with Crippen molar-refractivity contribution < 1.29 is 9.53 Å². The van der Waals surface area contributed by atoms with Crippen LogP contribution in [0.25, 0.3) is 0 Å². The fourth-order valence-electron chi connectivity index (χ4n) is 2.04. The third kappa shape index (κ3) is 4.52. The van der Waals surface area contributed by atoms with Gasteiger partial charge in [-0.05, 0) is 36.4 Å². The monoisotopic (exact) mass is 308 g/mol. The largest absolute Gasteiger partial charge is 0.496 e. The standard InChI is InChI=1S/C19H20N2O2/c1-21(2)16-12-10-15(11-13-16)7-6-14-20-19(22)17-8-4-5-9-18(17)23-3/h4-5,8-13H,14H2,1-3H3,(H,20,22). The van der Waals surface area contributed by atoms with Gasteiger partial charge in [-0.15, -0.1) is 0 Å². The third-order valence-electron chi connectivity index (χ3n) is 3.31. The number of carbonyl (C=O) groups is 1. The van der Waals surface area contributed by atoms with Crippen LogP contribution in [0.15, 0.2) is 48.5 Å². The molecule has 0 bridgehead atoms. The van der Waals surface area contributed by atoms with E-state index in [4.69, 9.17) is 4.74 Å². The van der Waals surface area contributed by atoms with Gasteiger partial charge in [-0.25, -0.2) is 0 Å². The number of methoxy groups -OCH3 is 1. The molecule has 0 aliphatic rings. The molecular weight excluding hydrogens is 288 g/mol. The van der Waals surface area contributed by atoms with E-state index in [-0.39, 0.29) is 12.5 Å². The van der Waals surface area contributed by atoms with Gasteiger partial charge in [0.1, 0.15) is 5.75 Å². The topological polar surface area (TPSA) is 41.6 Å². The molecule has 0 aliphatic carbocycles. The van der Waals surface area contributed by atoms with Crippen molar-refractivity contribution in [2.24, 2.45) is 0 Å². The maximum atomic E-state index is 12.1. The summed E-state index contributed by atoms with van der Waals surface area (Å²) in [5.74, 6) is 6.34. The maximum Gasteiger partial charge on any atom is 0.255 e. The summed E-state index contributed by atoms with van der Waals surface area (Å²) in [6.07, 6.45) is 0. The smallest absolute Gasteiger partial charge is 0.255 e. The van der Waals surface area contributed by atoms with Crippen LogP contribution in [0.2, 0.25) is 0 Å². The van der Waals surface area contributed by atoms with E-state index in [0.717, 1.165) is 11.3 Å². The first-order valence-electron chi connectivity index (χ1n) is 7.29. The van der Waals surface area contributed by atoms with Crippen molar-refractivity contribution in [3.63, 3.8) is 0 Å². The van der Waals surface area contributed by atoms with Crippen molar-refractivity contribution in [2.45, 2.75) is 0 Å². The number of ether oxygens (including phenoxy) is 1. The normalized spacial score (nSPS) is 9.52. The van der Waals surface area contributed by atoms with Crippen LogP contribution in [0, 0.1) is 11.8 Å². The number of benzene rings is 2. The number of hydrogen-bond donors (Lipinski definition) is 1. The van der Waals surface area contributed by atoms with E-state index in [1.807, 2.05) is 49.3 Å². The van der Waals surface area contributed by atoms with Gasteiger partial charge in [-0.2, -0.15) is 0 Å². The van der Waals surface area contributed by atoms with Gasteiger partial charge >= 0.3 is 0 Å². The van der Waals surface area contributed by atoms with E-state index >= 15 is 0 Å². The summed E-state index contributed by atoms with van der Waals surface area (Å²) in [4.78, 5) is 14.1. The fraction of sp³-hybridized carbons (Fsp3) is 0.211. The van der Waals surface area contributed by atoms with Crippen molar-refractivity contribution in [1.82, 2.24) is 5.32 Å². The Bertz CT molecular complexity index is 725. The van der Waals surface area contributed by atoms with Crippen LogP contribution in [0.4, 0.5) is 5.69 Å². The quantitative estimate of drug-likeness (QED) is 0.883. The number of nitrogens with zero attached hydrogens (tertiary/aromatic N) is 1. The molecule has 4 nitrogen and oxygen atoms in total. The molecule has 0 fully saturated rings. The SMILES string of the molecule is COc1ccccc1C(=O)NCC#Cc1ccc(N(C)C)cc1. The lowest BCUT2D eigenvalue weighted by Crippen LogP contribution is -2.24. The molecule has 0 unspecified atom stereocenters. The average Bonchev–Trinajstić information content (AvgIpc) is 2.58. The van der Waals surface area contributed by atoms with E-state index < -0.39 is 0 Å². The minimum absolute atomic E-state index is 0.195. The zero-order valence-corrected chi connectivity index (χ0v) is 13.6. The van der Waals surface area contributed by atoms with Crippen molar-refractivity contribution in [2.75, 3.05) is 32.6 Å². The van der Waals surface area contributed by atoms with Crippen LogP contribution < -0.4 is 15.0 Å². The molecule has 0 saturated carbocycles. The molecule has 118 valence electrons.